The van der Waals surface area contributed by atoms with Crippen molar-refractivity contribution >= 4 is 21.9 Å². The predicted octanol–water partition coefficient (Wildman–Crippen LogP) is 1.99. The Morgan fingerprint density at radius 3 is 2.69 bits per heavy atom. The maximum absolute atomic E-state index is 13.5. The molecule has 0 bridgehead atoms. The van der Waals surface area contributed by atoms with Crippen LogP contribution in [0.5, 0.6) is 5.75 Å². The Kier molecular flexibility index (Phi) is 3.88. The number of hydrogen-bond donors (Lipinski definition) is 2. The number of carboxylic acids is 1. The lowest BCUT2D eigenvalue weighted by Crippen LogP contribution is -2.22. The lowest BCUT2D eigenvalue weighted by molar-refractivity contribution is -0.138. The van der Waals surface area contributed by atoms with Crippen LogP contribution in [0, 0.1) is 12.7 Å². The molecule has 88 valence electrons. The van der Waals surface area contributed by atoms with E-state index in [0.29, 0.717) is 0 Å². The van der Waals surface area contributed by atoms with Gasteiger partial charge in [0.2, 0.25) is 0 Å². The summed E-state index contributed by atoms with van der Waals surface area (Å²) in [5.41, 5.74) is 5.94. The van der Waals surface area contributed by atoms with Gasteiger partial charge in [0.1, 0.15) is 17.6 Å². The molecule has 0 heterocycles. The van der Waals surface area contributed by atoms with Gasteiger partial charge >= 0.3 is 5.97 Å². The number of benzene rings is 1. The molecule has 0 amide bonds. The quantitative estimate of drug-likeness (QED) is 0.893. The molecule has 1 aromatic carbocycles. The van der Waals surface area contributed by atoms with E-state index < -0.39 is 17.8 Å². The highest BCUT2D eigenvalue weighted by molar-refractivity contribution is 9.10. The zero-order chi connectivity index (χ0) is 12.5. The molecular weight excluding hydrogens is 281 g/mol. The van der Waals surface area contributed by atoms with E-state index in [9.17, 15) is 9.18 Å². The van der Waals surface area contributed by atoms with E-state index in [1.165, 1.54) is 20.1 Å². The number of ether oxygens (including phenoxy) is 1. The molecule has 0 aliphatic carbocycles. The first-order valence-electron chi connectivity index (χ1n) is 4.41. The van der Waals surface area contributed by atoms with Gasteiger partial charge in [-0.15, -0.1) is 0 Å². The van der Waals surface area contributed by atoms with Crippen molar-refractivity contribution in [3.05, 3.63) is 27.5 Å². The lowest BCUT2D eigenvalue weighted by Gasteiger charge is -2.15. The number of methoxy groups -OCH3 is 1. The van der Waals surface area contributed by atoms with Crippen molar-refractivity contribution < 1.29 is 19.0 Å². The standard InChI is InChI=1S/C10H11BrFNO3/c1-4-7(12)6(11)3-5(9(4)16-2)8(13)10(14)15/h3,8H,13H2,1-2H3,(H,14,15). The summed E-state index contributed by atoms with van der Waals surface area (Å²) in [6, 6.07) is 0.0745. The van der Waals surface area contributed by atoms with Gasteiger partial charge in [-0.3, -0.25) is 4.79 Å². The second kappa shape index (κ2) is 4.80. The molecule has 4 nitrogen and oxygen atoms in total. The predicted molar refractivity (Wildman–Crippen MR) is 60.0 cm³/mol. The van der Waals surface area contributed by atoms with Crippen LogP contribution in [0.2, 0.25) is 0 Å². The van der Waals surface area contributed by atoms with E-state index in [-0.39, 0.29) is 21.3 Å². The van der Waals surface area contributed by atoms with E-state index in [1.54, 1.807) is 0 Å². The normalized spacial score (nSPS) is 12.3. The maximum Gasteiger partial charge on any atom is 0.325 e. The number of halogens is 2. The van der Waals surface area contributed by atoms with E-state index in [4.69, 9.17) is 15.6 Å². The maximum atomic E-state index is 13.5. The van der Waals surface area contributed by atoms with Gasteiger partial charge < -0.3 is 15.6 Å². The highest BCUT2D eigenvalue weighted by atomic mass is 79.9. The molecule has 16 heavy (non-hydrogen) atoms. The fourth-order valence-corrected chi connectivity index (χ4v) is 1.94. The van der Waals surface area contributed by atoms with Crippen LogP contribution in [0.1, 0.15) is 17.2 Å². The van der Waals surface area contributed by atoms with E-state index in [1.807, 2.05) is 0 Å². The zero-order valence-corrected chi connectivity index (χ0v) is 10.3. The molecular formula is C10H11BrFNO3. The Morgan fingerprint density at radius 2 is 2.25 bits per heavy atom. The first kappa shape index (κ1) is 12.9. The average molecular weight is 292 g/mol. The minimum absolute atomic E-state index is 0.163. The van der Waals surface area contributed by atoms with Crippen LogP contribution in [0.4, 0.5) is 4.39 Å². The van der Waals surface area contributed by atoms with Gasteiger partial charge in [-0.1, -0.05) is 0 Å². The summed E-state index contributed by atoms with van der Waals surface area (Å²) in [7, 11) is 1.34. The van der Waals surface area contributed by atoms with Crippen LogP contribution < -0.4 is 10.5 Å². The first-order valence-corrected chi connectivity index (χ1v) is 5.20. The molecule has 0 saturated carbocycles. The molecule has 0 radical (unpaired) electrons. The zero-order valence-electron chi connectivity index (χ0n) is 8.75. The lowest BCUT2D eigenvalue weighted by atomic mass is 10.0. The van der Waals surface area contributed by atoms with Crippen molar-refractivity contribution in [1.82, 2.24) is 0 Å². The first-order chi connectivity index (χ1) is 7.40. The van der Waals surface area contributed by atoms with Crippen molar-refractivity contribution in [3.63, 3.8) is 0 Å². The Morgan fingerprint density at radius 1 is 1.69 bits per heavy atom. The molecule has 0 aliphatic heterocycles. The SMILES string of the molecule is COc1c(C(N)C(=O)O)cc(Br)c(F)c1C. The summed E-state index contributed by atoms with van der Waals surface area (Å²) < 4.78 is 18.7. The molecule has 0 spiro atoms. The van der Waals surface area contributed by atoms with Gasteiger partial charge in [-0.25, -0.2) is 4.39 Å². The van der Waals surface area contributed by atoms with Crippen LogP contribution in [0.25, 0.3) is 0 Å². The fourth-order valence-electron chi connectivity index (χ4n) is 1.40. The minimum Gasteiger partial charge on any atom is -0.496 e. The highest BCUT2D eigenvalue weighted by Crippen LogP contribution is 2.34. The summed E-state index contributed by atoms with van der Waals surface area (Å²) in [4.78, 5) is 10.8. The van der Waals surface area contributed by atoms with Crippen LogP contribution in [-0.4, -0.2) is 18.2 Å². The molecule has 3 N–H and O–H groups in total. The Balaban J connectivity index is 3.44. The van der Waals surface area contributed by atoms with Gasteiger partial charge in [0.05, 0.1) is 11.6 Å². The molecule has 1 aromatic rings. The number of aliphatic carboxylic acids is 1. The monoisotopic (exact) mass is 291 g/mol. The van der Waals surface area contributed by atoms with Crippen LogP contribution in [0.3, 0.4) is 0 Å². The van der Waals surface area contributed by atoms with Crippen molar-refractivity contribution in [2.75, 3.05) is 7.11 Å². The molecule has 1 rings (SSSR count). The van der Waals surface area contributed by atoms with Gasteiger partial charge in [0.15, 0.2) is 0 Å². The van der Waals surface area contributed by atoms with Crippen LogP contribution in [-0.2, 0) is 4.79 Å². The van der Waals surface area contributed by atoms with Gasteiger partial charge in [-0.05, 0) is 28.9 Å². The van der Waals surface area contributed by atoms with E-state index in [2.05, 4.69) is 15.9 Å². The minimum atomic E-state index is -1.24. The molecule has 0 saturated heterocycles. The smallest absolute Gasteiger partial charge is 0.325 e. The van der Waals surface area contributed by atoms with Crippen molar-refractivity contribution in [2.24, 2.45) is 5.73 Å². The summed E-state index contributed by atoms with van der Waals surface area (Å²) in [5, 5.41) is 8.82. The van der Waals surface area contributed by atoms with Crippen molar-refractivity contribution in [3.8, 4) is 5.75 Å². The third-order valence-corrected chi connectivity index (χ3v) is 2.81. The second-order valence-corrected chi connectivity index (χ2v) is 4.09. The highest BCUT2D eigenvalue weighted by Gasteiger charge is 2.23. The average Bonchev–Trinajstić information content (AvgIpc) is 2.24. The molecule has 6 heteroatoms. The number of carboxylic acid groups (broad SMARTS) is 1. The number of carbonyl (C=O) groups is 1. The fraction of sp³-hybridized carbons (Fsp3) is 0.300. The molecule has 0 aliphatic rings. The van der Waals surface area contributed by atoms with Crippen molar-refractivity contribution in [2.45, 2.75) is 13.0 Å². The summed E-state index contributed by atoms with van der Waals surface area (Å²) in [6.45, 7) is 1.50. The molecule has 1 atom stereocenters. The third-order valence-electron chi connectivity index (χ3n) is 2.23. The van der Waals surface area contributed by atoms with Crippen molar-refractivity contribution in [1.29, 1.82) is 0 Å². The Hall–Kier alpha value is -1.14. The Labute approximate surface area is 100 Å². The topological polar surface area (TPSA) is 72.5 Å². The van der Waals surface area contributed by atoms with Crippen LogP contribution in [0.15, 0.2) is 10.5 Å². The summed E-state index contributed by atoms with van der Waals surface area (Å²) >= 11 is 3.00. The second-order valence-electron chi connectivity index (χ2n) is 3.24. The number of rotatable bonds is 3. The van der Waals surface area contributed by atoms with E-state index >= 15 is 0 Å². The number of nitrogens with two attached hydrogens (primary N) is 1. The van der Waals surface area contributed by atoms with Gasteiger partial charge in [0.25, 0.3) is 0 Å². The summed E-state index contributed by atoms with van der Waals surface area (Å²) in [6.07, 6.45) is 0. The summed E-state index contributed by atoms with van der Waals surface area (Å²) in [5.74, 6) is -1.52. The largest absolute Gasteiger partial charge is 0.496 e. The van der Waals surface area contributed by atoms with Crippen LogP contribution >= 0.6 is 15.9 Å². The third kappa shape index (κ3) is 2.17. The van der Waals surface area contributed by atoms with E-state index in [0.717, 1.165) is 0 Å². The molecule has 1 unspecified atom stereocenters. The van der Waals surface area contributed by atoms with Gasteiger partial charge in [0, 0.05) is 11.1 Å². The molecule has 0 aromatic heterocycles. The van der Waals surface area contributed by atoms with Gasteiger partial charge in [-0.2, -0.15) is 0 Å². The Bertz CT molecular complexity index is 437. The molecule has 0 fully saturated rings. The number of hydrogen-bond acceptors (Lipinski definition) is 3.